The number of hydrogen-bond acceptors (Lipinski definition) is 5. The van der Waals surface area contributed by atoms with E-state index in [1.165, 1.54) is 7.11 Å². The molecule has 0 spiro atoms. The van der Waals surface area contributed by atoms with Gasteiger partial charge < -0.3 is 20.1 Å². The van der Waals surface area contributed by atoms with Crippen molar-refractivity contribution in [1.82, 2.24) is 10.6 Å². The van der Waals surface area contributed by atoms with Crippen LogP contribution in [-0.4, -0.2) is 44.6 Å². The van der Waals surface area contributed by atoms with Crippen LogP contribution >= 0.6 is 0 Å². The number of para-hydroxylation sites is 1. The Balaban J connectivity index is 2.35. The maximum Gasteiger partial charge on any atom is 0.325 e. The number of amides is 2. The molecule has 7 heteroatoms. The Bertz CT molecular complexity index is 557. The topological polar surface area (TPSA) is 93.7 Å². The zero-order chi connectivity index (χ0) is 17.2. The SMILES string of the molecule is COc1ccccc1C(=O)NCC(=O)OCC(=O)NCC(C)C. The van der Waals surface area contributed by atoms with Crippen molar-refractivity contribution >= 4 is 17.8 Å². The Kier molecular flexibility index (Phi) is 7.59. The van der Waals surface area contributed by atoms with Gasteiger partial charge in [0.25, 0.3) is 11.8 Å². The first-order chi connectivity index (χ1) is 10.9. The molecule has 0 bridgehead atoms. The summed E-state index contributed by atoms with van der Waals surface area (Å²) in [6, 6.07) is 6.65. The normalized spacial score (nSPS) is 10.1. The highest BCUT2D eigenvalue weighted by molar-refractivity contribution is 5.98. The second-order valence-corrected chi connectivity index (χ2v) is 5.24. The molecule has 126 valence electrons. The minimum absolute atomic E-state index is 0.315. The number of carbonyl (C=O) groups is 3. The first kappa shape index (κ1) is 18.5. The van der Waals surface area contributed by atoms with Crippen LogP contribution in [0.5, 0.6) is 5.75 Å². The van der Waals surface area contributed by atoms with Crippen molar-refractivity contribution in [2.75, 3.05) is 26.8 Å². The Labute approximate surface area is 135 Å². The van der Waals surface area contributed by atoms with Crippen LogP contribution in [0.3, 0.4) is 0 Å². The van der Waals surface area contributed by atoms with E-state index in [4.69, 9.17) is 9.47 Å². The molecule has 0 unspecified atom stereocenters. The first-order valence-electron chi connectivity index (χ1n) is 7.27. The maximum atomic E-state index is 12.0. The lowest BCUT2D eigenvalue weighted by Gasteiger charge is -2.10. The second kappa shape index (κ2) is 9.45. The van der Waals surface area contributed by atoms with Crippen LogP contribution in [0, 0.1) is 5.92 Å². The summed E-state index contributed by atoms with van der Waals surface area (Å²) in [4.78, 5) is 34.9. The summed E-state index contributed by atoms with van der Waals surface area (Å²) in [5.74, 6) is -0.791. The molecule has 1 aromatic rings. The Morgan fingerprint density at radius 2 is 1.83 bits per heavy atom. The quantitative estimate of drug-likeness (QED) is 0.689. The largest absolute Gasteiger partial charge is 0.496 e. The van der Waals surface area contributed by atoms with Gasteiger partial charge in [-0.1, -0.05) is 26.0 Å². The van der Waals surface area contributed by atoms with Crippen LogP contribution < -0.4 is 15.4 Å². The van der Waals surface area contributed by atoms with Crippen molar-refractivity contribution in [2.45, 2.75) is 13.8 Å². The summed E-state index contributed by atoms with van der Waals surface area (Å²) < 4.78 is 9.85. The third kappa shape index (κ3) is 6.82. The minimum Gasteiger partial charge on any atom is -0.496 e. The molecule has 2 amide bonds. The maximum absolute atomic E-state index is 12.0. The van der Waals surface area contributed by atoms with Crippen LogP contribution in [0.1, 0.15) is 24.2 Å². The number of esters is 1. The van der Waals surface area contributed by atoms with Crippen molar-refractivity contribution in [3.63, 3.8) is 0 Å². The molecule has 0 aliphatic heterocycles. The number of benzene rings is 1. The lowest BCUT2D eigenvalue weighted by atomic mass is 10.2. The highest BCUT2D eigenvalue weighted by Gasteiger charge is 2.13. The van der Waals surface area contributed by atoms with Crippen LogP contribution in [0.15, 0.2) is 24.3 Å². The zero-order valence-corrected chi connectivity index (χ0v) is 13.5. The molecule has 0 fully saturated rings. The molecule has 0 aromatic heterocycles. The predicted molar refractivity (Wildman–Crippen MR) is 84.1 cm³/mol. The van der Waals surface area contributed by atoms with Gasteiger partial charge in [-0.2, -0.15) is 0 Å². The lowest BCUT2D eigenvalue weighted by molar-refractivity contribution is -0.147. The fourth-order valence-electron chi connectivity index (χ4n) is 1.65. The van der Waals surface area contributed by atoms with E-state index in [2.05, 4.69) is 10.6 Å². The average molecular weight is 322 g/mol. The molecule has 23 heavy (non-hydrogen) atoms. The number of methoxy groups -OCH3 is 1. The standard InChI is InChI=1S/C16H22N2O5/c1-11(2)8-17-14(19)10-23-15(20)9-18-16(21)12-6-4-5-7-13(12)22-3/h4-7,11H,8-10H2,1-3H3,(H,17,19)(H,18,21). The highest BCUT2D eigenvalue weighted by atomic mass is 16.5. The lowest BCUT2D eigenvalue weighted by Crippen LogP contribution is -2.35. The summed E-state index contributed by atoms with van der Waals surface area (Å²) in [6.45, 7) is 3.74. The zero-order valence-electron chi connectivity index (χ0n) is 13.5. The van der Waals surface area contributed by atoms with Crippen LogP contribution in [-0.2, 0) is 14.3 Å². The predicted octanol–water partition coefficient (Wildman–Crippen LogP) is 0.740. The summed E-state index contributed by atoms with van der Waals surface area (Å²) in [5, 5.41) is 5.05. The van der Waals surface area contributed by atoms with Crippen LogP contribution in [0.2, 0.25) is 0 Å². The molecule has 0 radical (unpaired) electrons. The summed E-state index contributed by atoms with van der Waals surface area (Å²) >= 11 is 0. The van der Waals surface area contributed by atoms with Gasteiger partial charge in [0.2, 0.25) is 0 Å². The molecule has 0 aliphatic rings. The Morgan fingerprint density at radius 3 is 2.48 bits per heavy atom. The van der Waals surface area contributed by atoms with Crippen molar-refractivity contribution in [2.24, 2.45) is 5.92 Å². The summed E-state index contributed by atoms with van der Waals surface area (Å²) in [6.07, 6.45) is 0. The third-order valence-corrected chi connectivity index (χ3v) is 2.82. The van der Waals surface area contributed by atoms with Gasteiger partial charge in [-0.25, -0.2) is 0 Å². The Hall–Kier alpha value is -2.57. The number of hydrogen-bond donors (Lipinski definition) is 2. The van der Waals surface area contributed by atoms with E-state index in [1.54, 1.807) is 24.3 Å². The smallest absolute Gasteiger partial charge is 0.325 e. The van der Waals surface area contributed by atoms with Crippen LogP contribution in [0.4, 0.5) is 0 Å². The average Bonchev–Trinajstić information content (AvgIpc) is 2.55. The number of nitrogens with one attached hydrogen (secondary N) is 2. The molecular formula is C16H22N2O5. The molecule has 0 saturated carbocycles. The monoisotopic (exact) mass is 322 g/mol. The van der Waals surface area contributed by atoms with E-state index in [-0.39, 0.29) is 19.1 Å². The number of carbonyl (C=O) groups excluding carboxylic acids is 3. The molecule has 7 nitrogen and oxygen atoms in total. The fourth-order valence-corrected chi connectivity index (χ4v) is 1.65. The van der Waals surface area contributed by atoms with Gasteiger partial charge in [-0.3, -0.25) is 14.4 Å². The van der Waals surface area contributed by atoms with E-state index < -0.39 is 11.9 Å². The summed E-state index contributed by atoms with van der Waals surface area (Å²) in [7, 11) is 1.45. The second-order valence-electron chi connectivity index (χ2n) is 5.24. The fraction of sp³-hybridized carbons (Fsp3) is 0.438. The number of rotatable bonds is 8. The van der Waals surface area contributed by atoms with E-state index >= 15 is 0 Å². The van der Waals surface area contributed by atoms with E-state index in [0.29, 0.717) is 23.8 Å². The van der Waals surface area contributed by atoms with Gasteiger partial charge in [0.05, 0.1) is 12.7 Å². The van der Waals surface area contributed by atoms with Crippen LogP contribution in [0.25, 0.3) is 0 Å². The molecule has 0 aliphatic carbocycles. The highest BCUT2D eigenvalue weighted by Crippen LogP contribution is 2.16. The molecular weight excluding hydrogens is 300 g/mol. The van der Waals surface area contributed by atoms with Crippen molar-refractivity contribution < 1.29 is 23.9 Å². The van der Waals surface area contributed by atoms with Gasteiger partial charge >= 0.3 is 5.97 Å². The molecule has 0 atom stereocenters. The Morgan fingerprint density at radius 1 is 1.13 bits per heavy atom. The van der Waals surface area contributed by atoms with Gasteiger partial charge in [-0.15, -0.1) is 0 Å². The molecule has 1 aromatic carbocycles. The van der Waals surface area contributed by atoms with E-state index in [9.17, 15) is 14.4 Å². The van der Waals surface area contributed by atoms with Gasteiger partial charge in [0, 0.05) is 6.54 Å². The summed E-state index contributed by atoms with van der Waals surface area (Å²) in [5.41, 5.74) is 0.317. The third-order valence-electron chi connectivity index (χ3n) is 2.82. The molecule has 0 saturated heterocycles. The van der Waals surface area contributed by atoms with Crippen molar-refractivity contribution in [3.8, 4) is 5.75 Å². The van der Waals surface area contributed by atoms with Gasteiger partial charge in [0.1, 0.15) is 12.3 Å². The minimum atomic E-state index is -0.687. The molecule has 2 N–H and O–H groups in total. The molecule has 0 heterocycles. The van der Waals surface area contributed by atoms with Gasteiger partial charge in [0.15, 0.2) is 6.61 Å². The van der Waals surface area contributed by atoms with Crippen molar-refractivity contribution in [3.05, 3.63) is 29.8 Å². The molecule has 1 rings (SSSR count). The van der Waals surface area contributed by atoms with Gasteiger partial charge in [-0.05, 0) is 18.1 Å². The van der Waals surface area contributed by atoms with E-state index in [1.807, 2.05) is 13.8 Å². The van der Waals surface area contributed by atoms with Crippen molar-refractivity contribution in [1.29, 1.82) is 0 Å². The van der Waals surface area contributed by atoms with E-state index in [0.717, 1.165) is 0 Å². The number of ether oxygens (including phenoxy) is 2. The first-order valence-corrected chi connectivity index (χ1v) is 7.27.